The lowest BCUT2D eigenvalue weighted by atomic mass is 10.2. The first-order valence-corrected chi connectivity index (χ1v) is 9.49. The highest BCUT2D eigenvalue weighted by Crippen LogP contribution is 2.29. The van der Waals surface area contributed by atoms with E-state index < -0.39 is 11.9 Å². The molecule has 2 fully saturated rings. The molecule has 0 radical (unpaired) electrons. The molecule has 4 N–H and O–H groups in total. The molecule has 0 unspecified atom stereocenters. The average Bonchev–Trinajstić information content (AvgIpc) is 3.33. The number of imide groups is 1. The normalized spacial score (nSPS) is 17.3. The Bertz CT molecular complexity index is 1230. The summed E-state index contributed by atoms with van der Waals surface area (Å²) in [6.45, 7) is 1.81. The van der Waals surface area contributed by atoms with Gasteiger partial charge >= 0.3 is 6.03 Å². The molecule has 9 nitrogen and oxygen atoms in total. The predicted octanol–water partition coefficient (Wildman–Crippen LogP) is 2.68. The number of hydrogen-bond donors (Lipinski definition) is 4. The standard InChI is InChI=1S/C20H18FN7O2/c1-10-6-12(21)2-5-14(10)24-16-8-17(23-13-3-4-13)28-18(26-16)11(9-22-28)7-15-19(29)27-20(30)25-15/h2,5-9,13,23H,3-4H2,1H3,(H,24,26)(H2,25,27,29,30)/b15-7-. The van der Waals surface area contributed by atoms with Crippen LogP contribution in [0.4, 0.5) is 26.5 Å². The number of nitrogens with one attached hydrogen (secondary N) is 4. The number of urea groups is 1. The number of hydrogen-bond acceptors (Lipinski definition) is 6. The minimum atomic E-state index is -0.569. The zero-order valence-corrected chi connectivity index (χ0v) is 16.0. The first kappa shape index (κ1) is 18.1. The number of aryl methyl sites for hydroxylation is 1. The van der Waals surface area contributed by atoms with Crippen molar-refractivity contribution in [2.24, 2.45) is 0 Å². The maximum Gasteiger partial charge on any atom is 0.326 e. The summed E-state index contributed by atoms with van der Waals surface area (Å²) in [5, 5.41) is 15.7. The van der Waals surface area contributed by atoms with Gasteiger partial charge in [-0.05, 0) is 49.6 Å². The summed E-state index contributed by atoms with van der Waals surface area (Å²) in [6.07, 6.45) is 5.27. The largest absolute Gasteiger partial charge is 0.367 e. The van der Waals surface area contributed by atoms with Gasteiger partial charge in [0.2, 0.25) is 0 Å². The average molecular weight is 407 g/mol. The lowest BCUT2D eigenvalue weighted by Gasteiger charge is -2.13. The SMILES string of the molecule is Cc1cc(F)ccc1Nc1cc(NC2CC2)n2ncc(/C=C3\NC(=O)NC3=O)c2n1. The van der Waals surface area contributed by atoms with E-state index in [0.717, 1.165) is 29.9 Å². The Kier molecular flexibility index (Phi) is 4.12. The van der Waals surface area contributed by atoms with Crippen molar-refractivity contribution in [3.8, 4) is 0 Å². The van der Waals surface area contributed by atoms with Gasteiger partial charge in [-0.1, -0.05) is 0 Å². The van der Waals surface area contributed by atoms with Crippen LogP contribution in [0.5, 0.6) is 0 Å². The van der Waals surface area contributed by atoms with Gasteiger partial charge in [-0.2, -0.15) is 9.61 Å². The maximum absolute atomic E-state index is 13.4. The van der Waals surface area contributed by atoms with Crippen LogP contribution in [0.2, 0.25) is 0 Å². The molecular weight excluding hydrogens is 389 g/mol. The number of amides is 3. The fourth-order valence-electron chi connectivity index (χ4n) is 3.23. The molecule has 0 atom stereocenters. The van der Waals surface area contributed by atoms with E-state index in [4.69, 9.17) is 0 Å². The molecule has 2 aliphatic rings. The van der Waals surface area contributed by atoms with Crippen LogP contribution < -0.4 is 21.3 Å². The molecule has 1 aliphatic carbocycles. The van der Waals surface area contributed by atoms with Crippen molar-refractivity contribution in [1.82, 2.24) is 25.2 Å². The van der Waals surface area contributed by atoms with Crippen molar-refractivity contribution in [3.63, 3.8) is 0 Å². The Labute approximate surface area is 170 Å². The van der Waals surface area contributed by atoms with Crippen LogP contribution >= 0.6 is 0 Å². The quantitative estimate of drug-likeness (QED) is 0.382. The molecule has 2 aromatic heterocycles. The summed E-state index contributed by atoms with van der Waals surface area (Å²) >= 11 is 0. The van der Waals surface area contributed by atoms with Gasteiger partial charge in [0.15, 0.2) is 5.65 Å². The van der Waals surface area contributed by atoms with Crippen molar-refractivity contribution in [2.45, 2.75) is 25.8 Å². The summed E-state index contributed by atoms with van der Waals surface area (Å²) in [7, 11) is 0. The van der Waals surface area contributed by atoms with Gasteiger partial charge in [0.25, 0.3) is 5.91 Å². The summed E-state index contributed by atoms with van der Waals surface area (Å²) in [5.74, 6) is 0.473. The van der Waals surface area contributed by atoms with Crippen molar-refractivity contribution in [1.29, 1.82) is 0 Å². The van der Waals surface area contributed by atoms with Gasteiger partial charge in [-0.3, -0.25) is 10.1 Å². The Morgan fingerprint density at radius 3 is 2.77 bits per heavy atom. The first-order valence-electron chi connectivity index (χ1n) is 9.49. The molecule has 1 saturated carbocycles. The number of anilines is 3. The summed E-state index contributed by atoms with van der Waals surface area (Å²) < 4.78 is 15.1. The zero-order chi connectivity index (χ0) is 20.8. The molecule has 5 rings (SSSR count). The first-order chi connectivity index (χ1) is 14.5. The number of nitrogens with zero attached hydrogens (tertiary/aromatic N) is 3. The third kappa shape index (κ3) is 3.43. The van der Waals surface area contributed by atoms with E-state index in [9.17, 15) is 14.0 Å². The van der Waals surface area contributed by atoms with E-state index in [2.05, 4.69) is 31.3 Å². The number of aromatic nitrogens is 3. The third-order valence-electron chi connectivity index (χ3n) is 4.90. The van der Waals surface area contributed by atoms with Crippen molar-refractivity contribution >= 4 is 41.0 Å². The third-order valence-corrected chi connectivity index (χ3v) is 4.90. The van der Waals surface area contributed by atoms with E-state index in [1.807, 2.05) is 13.0 Å². The second-order valence-corrected chi connectivity index (χ2v) is 7.33. The minimum Gasteiger partial charge on any atom is -0.367 e. The summed E-state index contributed by atoms with van der Waals surface area (Å²) in [5.41, 5.74) is 2.67. The van der Waals surface area contributed by atoms with Gasteiger partial charge in [0.1, 0.15) is 23.1 Å². The van der Waals surface area contributed by atoms with Gasteiger partial charge in [0, 0.05) is 23.4 Å². The zero-order valence-electron chi connectivity index (χ0n) is 16.0. The summed E-state index contributed by atoms with van der Waals surface area (Å²) in [6, 6.07) is 6.13. The van der Waals surface area contributed by atoms with E-state index in [1.165, 1.54) is 18.2 Å². The lowest BCUT2D eigenvalue weighted by Crippen LogP contribution is -2.22. The molecular formula is C20H18FN7O2. The van der Waals surface area contributed by atoms with Crippen molar-refractivity contribution in [2.75, 3.05) is 10.6 Å². The molecule has 3 amide bonds. The molecule has 0 spiro atoms. The van der Waals surface area contributed by atoms with Crippen molar-refractivity contribution < 1.29 is 14.0 Å². The molecule has 1 aromatic carbocycles. The van der Waals surface area contributed by atoms with Crippen LogP contribution in [-0.4, -0.2) is 32.6 Å². The molecule has 10 heteroatoms. The lowest BCUT2D eigenvalue weighted by molar-refractivity contribution is -0.115. The molecule has 30 heavy (non-hydrogen) atoms. The summed E-state index contributed by atoms with van der Waals surface area (Å²) in [4.78, 5) is 27.9. The number of halogens is 1. The number of carbonyl (C=O) groups is 2. The number of rotatable bonds is 5. The Hall–Kier alpha value is -3.95. The number of fused-ring (bicyclic) bond motifs is 1. The molecule has 152 valence electrons. The molecule has 1 saturated heterocycles. The monoisotopic (exact) mass is 407 g/mol. The van der Waals surface area contributed by atoms with Crippen LogP contribution in [0.25, 0.3) is 11.7 Å². The molecule has 3 heterocycles. The smallest absolute Gasteiger partial charge is 0.326 e. The highest BCUT2D eigenvalue weighted by molar-refractivity contribution is 6.14. The van der Waals surface area contributed by atoms with Gasteiger partial charge < -0.3 is 16.0 Å². The number of benzene rings is 1. The predicted molar refractivity (Wildman–Crippen MR) is 109 cm³/mol. The second-order valence-electron chi connectivity index (χ2n) is 7.33. The Balaban J connectivity index is 1.58. The fourth-order valence-corrected chi connectivity index (χ4v) is 3.23. The van der Waals surface area contributed by atoms with Gasteiger partial charge in [-0.15, -0.1) is 0 Å². The molecule has 1 aliphatic heterocycles. The van der Waals surface area contributed by atoms with E-state index in [0.29, 0.717) is 23.1 Å². The van der Waals surface area contributed by atoms with E-state index >= 15 is 0 Å². The van der Waals surface area contributed by atoms with Gasteiger partial charge in [0.05, 0.1) is 6.20 Å². The van der Waals surface area contributed by atoms with Crippen LogP contribution in [-0.2, 0) is 4.79 Å². The Morgan fingerprint density at radius 2 is 2.07 bits per heavy atom. The topological polar surface area (TPSA) is 112 Å². The number of carbonyl (C=O) groups excluding carboxylic acids is 2. The minimum absolute atomic E-state index is 0.126. The molecule has 3 aromatic rings. The van der Waals surface area contributed by atoms with Crippen molar-refractivity contribution in [3.05, 3.63) is 53.1 Å². The van der Waals surface area contributed by atoms with Crippen LogP contribution in [0.3, 0.4) is 0 Å². The van der Waals surface area contributed by atoms with E-state index in [-0.39, 0.29) is 11.5 Å². The highest BCUT2D eigenvalue weighted by atomic mass is 19.1. The maximum atomic E-state index is 13.4. The highest BCUT2D eigenvalue weighted by Gasteiger charge is 2.25. The molecule has 0 bridgehead atoms. The fraction of sp³-hybridized carbons (Fsp3) is 0.200. The van der Waals surface area contributed by atoms with E-state index in [1.54, 1.807) is 16.8 Å². The second kappa shape index (κ2) is 6.83. The van der Waals surface area contributed by atoms with Gasteiger partial charge in [-0.25, -0.2) is 14.2 Å². The van der Waals surface area contributed by atoms with Crippen LogP contribution in [0.1, 0.15) is 24.0 Å². The Morgan fingerprint density at radius 1 is 1.23 bits per heavy atom. The van der Waals surface area contributed by atoms with Crippen LogP contribution in [0, 0.1) is 12.7 Å². The van der Waals surface area contributed by atoms with Crippen LogP contribution in [0.15, 0.2) is 36.2 Å².